The highest BCUT2D eigenvalue weighted by Crippen LogP contribution is 2.27. The number of phenolic OH excluding ortho intramolecular Hbond substituents is 1. The molecule has 0 aliphatic rings. The first-order chi connectivity index (χ1) is 8.97. The first kappa shape index (κ1) is 13.7. The number of aromatic hydroxyl groups is 1. The van der Waals surface area contributed by atoms with Gasteiger partial charge in [0.25, 0.3) is 5.91 Å². The van der Waals surface area contributed by atoms with E-state index in [0.717, 1.165) is 0 Å². The summed E-state index contributed by atoms with van der Waals surface area (Å²) in [7, 11) is 0. The minimum atomic E-state index is -0.461. The third kappa shape index (κ3) is 3.19. The molecule has 4 N–H and O–H groups in total. The number of halogens is 2. The molecule has 2 rings (SSSR count). The van der Waals surface area contributed by atoms with E-state index >= 15 is 0 Å². The van der Waals surface area contributed by atoms with Gasteiger partial charge in [0.15, 0.2) is 0 Å². The van der Waals surface area contributed by atoms with E-state index in [1.54, 1.807) is 24.3 Å². The number of anilines is 2. The Bertz CT molecular complexity index is 647. The van der Waals surface area contributed by atoms with E-state index in [1.807, 2.05) is 0 Å². The summed E-state index contributed by atoms with van der Waals surface area (Å²) in [5.74, 6) is -0.579. The van der Waals surface area contributed by atoms with E-state index in [4.69, 9.17) is 17.3 Å². The lowest BCUT2D eigenvalue weighted by atomic mass is 10.2. The summed E-state index contributed by atoms with van der Waals surface area (Å²) in [6.45, 7) is 0. The van der Waals surface area contributed by atoms with Crippen LogP contribution >= 0.6 is 27.5 Å². The normalized spacial score (nSPS) is 10.2. The van der Waals surface area contributed by atoms with Gasteiger partial charge in [0.1, 0.15) is 5.75 Å². The number of nitrogen functional groups attached to an aromatic ring is 1. The smallest absolute Gasteiger partial charge is 0.259 e. The number of amides is 1. The van der Waals surface area contributed by atoms with Crippen LogP contribution < -0.4 is 11.1 Å². The van der Waals surface area contributed by atoms with Crippen molar-refractivity contribution in [2.24, 2.45) is 0 Å². The van der Waals surface area contributed by atoms with Crippen LogP contribution in [0.1, 0.15) is 10.4 Å². The van der Waals surface area contributed by atoms with Gasteiger partial charge in [-0.15, -0.1) is 0 Å². The SMILES string of the molecule is Nc1ccc(Cl)c(NC(=O)c2ccc(Br)cc2O)c1. The maximum Gasteiger partial charge on any atom is 0.259 e. The summed E-state index contributed by atoms with van der Waals surface area (Å²) >= 11 is 9.16. The van der Waals surface area contributed by atoms with Gasteiger partial charge < -0.3 is 16.2 Å². The van der Waals surface area contributed by atoms with Gasteiger partial charge >= 0.3 is 0 Å². The second kappa shape index (κ2) is 5.50. The molecule has 0 aromatic heterocycles. The molecule has 0 atom stereocenters. The minimum Gasteiger partial charge on any atom is -0.507 e. The van der Waals surface area contributed by atoms with E-state index < -0.39 is 5.91 Å². The van der Waals surface area contributed by atoms with Crippen molar-refractivity contribution in [2.45, 2.75) is 0 Å². The molecule has 2 aromatic rings. The first-order valence-electron chi connectivity index (χ1n) is 5.32. The highest BCUT2D eigenvalue weighted by Gasteiger charge is 2.13. The molecule has 2 aromatic carbocycles. The second-order valence-corrected chi connectivity index (χ2v) is 5.18. The van der Waals surface area contributed by atoms with Crippen LogP contribution in [0.15, 0.2) is 40.9 Å². The fraction of sp³-hybridized carbons (Fsp3) is 0. The van der Waals surface area contributed by atoms with E-state index in [9.17, 15) is 9.90 Å². The van der Waals surface area contributed by atoms with Gasteiger partial charge in [0, 0.05) is 10.2 Å². The highest BCUT2D eigenvalue weighted by atomic mass is 79.9. The second-order valence-electron chi connectivity index (χ2n) is 3.85. The molecule has 0 unspecified atom stereocenters. The monoisotopic (exact) mass is 340 g/mol. The predicted molar refractivity (Wildman–Crippen MR) is 79.6 cm³/mol. The van der Waals surface area contributed by atoms with Crippen LogP contribution in [0.3, 0.4) is 0 Å². The summed E-state index contributed by atoms with van der Waals surface area (Å²) in [5, 5.41) is 12.7. The standard InChI is InChI=1S/C13H10BrClN2O2/c14-7-1-3-9(12(18)5-7)13(19)17-11-6-8(16)2-4-10(11)15/h1-6,18H,16H2,(H,17,19). The van der Waals surface area contributed by atoms with Crippen molar-refractivity contribution in [3.05, 3.63) is 51.5 Å². The third-order valence-electron chi connectivity index (χ3n) is 2.44. The van der Waals surface area contributed by atoms with Gasteiger partial charge in [-0.1, -0.05) is 27.5 Å². The summed E-state index contributed by atoms with van der Waals surface area (Å²) in [6.07, 6.45) is 0. The average molecular weight is 342 g/mol. The first-order valence-corrected chi connectivity index (χ1v) is 6.49. The maximum absolute atomic E-state index is 12.0. The largest absolute Gasteiger partial charge is 0.507 e. The Morgan fingerprint density at radius 3 is 2.68 bits per heavy atom. The summed E-state index contributed by atoms with van der Waals surface area (Å²) in [4.78, 5) is 12.0. The van der Waals surface area contributed by atoms with Crippen molar-refractivity contribution in [1.29, 1.82) is 0 Å². The van der Waals surface area contributed by atoms with Crippen LogP contribution in [0.5, 0.6) is 5.75 Å². The Labute approximate surface area is 123 Å². The topological polar surface area (TPSA) is 75.3 Å². The molecule has 0 aliphatic carbocycles. The maximum atomic E-state index is 12.0. The number of carbonyl (C=O) groups excluding carboxylic acids is 1. The lowest BCUT2D eigenvalue weighted by Gasteiger charge is -2.09. The van der Waals surface area contributed by atoms with E-state index in [1.165, 1.54) is 12.1 Å². The van der Waals surface area contributed by atoms with Crippen molar-refractivity contribution in [2.75, 3.05) is 11.1 Å². The number of nitrogens with one attached hydrogen (secondary N) is 1. The Balaban J connectivity index is 2.28. The predicted octanol–water partition coefficient (Wildman–Crippen LogP) is 3.64. The molecule has 0 heterocycles. The fourth-order valence-corrected chi connectivity index (χ4v) is 2.04. The number of nitrogens with two attached hydrogens (primary N) is 1. The fourth-order valence-electron chi connectivity index (χ4n) is 1.53. The molecule has 19 heavy (non-hydrogen) atoms. The number of rotatable bonds is 2. The molecule has 0 saturated heterocycles. The zero-order valence-electron chi connectivity index (χ0n) is 9.65. The summed E-state index contributed by atoms with van der Waals surface area (Å²) in [6, 6.07) is 9.39. The highest BCUT2D eigenvalue weighted by molar-refractivity contribution is 9.10. The van der Waals surface area contributed by atoms with Gasteiger partial charge in [-0.05, 0) is 36.4 Å². The number of hydrogen-bond donors (Lipinski definition) is 3. The zero-order valence-corrected chi connectivity index (χ0v) is 12.0. The van der Waals surface area contributed by atoms with Crippen molar-refractivity contribution >= 4 is 44.8 Å². The molecule has 0 saturated carbocycles. The molecule has 0 spiro atoms. The van der Waals surface area contributed by atoms with Crippen molar-refractivity contribution in [1.82, 2.24) is 0 Å². The zero-order chi connectivity index (χ0) is 14.0. The molecule has 1 amide bonds. The van der Waals surface area contributed by atoms with Crippen molar-refractivity contribution in [3.8, 4) is 5.75 Å². The van der Waals surface area contributed by atoms with Crippen molar-refractivity contribution < 1.29 is 9.90 Å². The van der Waals surface area contributed by atoms with E-state index in [0.29, 0.717) is 20.9 Å². The van der Waals surface area contributed by atoms with Crippen LogP contribution in [-0.2, 0) is 0 Å². The Kier molecular flexibility index (Phi) is 3.97. The Hall–Kier alpha value is -1.72. The summed E-state index contributed by atoms with van der Waals surface area (Å²) < 4.78 is 0.684. The van der Waals surface area contributed by atoms with E-state index in [-0.39, 0.29) is 11.3 Å². The van der Waals surface area contributed by atoms with Crippen molar-refractivity contribution in [3.63, 3.8) is 0 Å². The molecule has 0 aliphatic heterocycles. The molecule has 0 bridgehead atoms. The molecule has 6 heteroatoms. The molecule has 0 fully saturated rings. The quantitative estimate of drug-likeness (QED) is 0.730. The molecule has 0 radical (unpaired) electrons. The number of carbonyl (C=O) groups is 1. The molecule has 4 nitrogen and oxygen atoms in total. The van der Waals surface area contributed by atoms with Gasteiger partial charge in [0.05, 0.1) is 16.3 Å². The minimum absolute atomic E-state index is 0.119. The van der Waals surface area contributed by atoms with Crippen LogP contribution in [-0.4, -0.2) is 11.0 Å². The van der Waals surface area contributed by atoms with E-state index in [2.05, 4.69) is 21.2 Å². The van der Waals surface area contributed by atoms with Crippen LogP contribution in [0.2, 0.25) is 5.02 Å². The van der Waals surface area contributed by atoms with Crippen LogP contribution in [0.25, 0.3) is 0 Å². The molecular formula is C13H10BrClN2O2. The number of benzene rings is 2. The number of phenols is 1. The summed E-state index contributed by atoms with van der Waals surface area (Å²) in [5.41, 5.74) is 6.66. The van der Waals surface area contributed by atoms with Crippen LogP contribution in [0.4, 0.5) is 11.4 Å². The lowest BCUT2D eigenvalue weighted by molar-refractivity contribution is 0.102. The molecular weight excluding hydrogens is 332 g/mol. The Morgan fingerprint density at radius 2 is 2.00 bits per heavy atom. The van der Waals surface area contributed by atoms with Gasteiger partial charge in [-0.2, -0.15) is 0 Å². The average Bonchev–Trinajstić information content (AvgIpc) is 2.33. The third-order valence-corrected chi connectivity index (χ3v) is 3.27. The van der Waals surface area contributed by atoms with Gasteiger partial charge in [-0.3, -0.25) is 4.79 Å². The Morgan fingerprint density at radius 1 is 1.26 bits per heavy atom. The lowest BCUT2D eigenvalue weighted by Crippen LogP contribution is -2.12. The van der Waals surface area contributed by atoms with Crippen LogP contribution in [0, 0.1) is 0 Å². The van der Waals surface area contributed by atoms with Gasteiger partial charge in [0.2, 0.25) is 0 Å². The van der Waals surface area contributed by atoms with Gasteiger partial charge in [-0.25, -0.2) is 0 Å². The number of hydrogen-bond acceptors (Lipinski definition) is 3. The molecule has 98 valence electrons.